The minimum Gasteiger partial charge on any atom is -0.481 e. The number of rotatable bonds is 4. The van der Waals surface area contributed by atoms with Crippen LogP contribution >= 0.6 is 11.6 Å². The first-order valence-electron chi connectivity index (χ1n) is 4.91. The summed E-state index contributed by atoms with van der Waals surface area (Å²) in [4.78, 5) is 14.4. The summed E-state index contributed by atoms with van der Waals surface area (Å²) in [6.07, 6.45) is 0.230. The number of aliphatic carboxylic acids is 1. The van der Waals surface area contributed by atoms with Gasteiger partial charge in [0.1, 0.15) is 6.42 Å². The van der Waals surface area contributed by atoms with Gasteiger partial charge in [0.25, 0.3) is 0 Å². The highest BCUT2D eigenvalue weighted by Gasteiger charge is 2.10. The molecule has 2 aromatic rings. The van der Waals surface area contributed by atoms with Crippen molar-refractivity contribution in [1.29, 1.82) is 0 Å². The average molecular weight is 253 g/mol. The van der Waals surface area contributed by atoms with E-state index in [9.17, 15) is 4.79 Å². The predicted octanol–water partition coefficient (Wildman–Crippen LogP) is 1.94. The van der Waals surface area contributed by atoms with E-state index < -0.39 is 5.97 Å². The zero-order chi connectivity index (χ0) is 12.3. The molecule has 0 unspecified atom stereocenters. The summed E-state index contributed by atoms with van der Waals surface area (Å²) in [6, 6.07) is 7.24. The van der Waals surface area contributed by atoms with Crippen LogP contribution in [0.5, 0.6) is 0 Å². The van der Waals surface area contributed by atoms with Gasteiger partial charge in [-0.05, 0) is 17.7 Å². The summed E-state index contributed by atoms with van der Waals surface area (Å²) >= 11 is 5.76. The first-order chi connectivity index (χ1) is 8.13. The maximum absolute atomic E-state index is 10.4. The molecule has 2 rings (SSSR count). The molecule has 0 bridgehead atoms. The van der Waals surface area contributed by atoms with Crippen LogP contribution in [0.4, 0.5) is 0 Å². The van der Waals surface area contributed by atoms with Crippen LogP contribution in [0.1, 0.15) is 17.3 Å². The minimum atomic E-state index is -0.983. The lowest BCUT2D eigenvalue weighted by molar-refractivity contribution is -0.136. The second kappa shape index (κ2) is 4.97. The van der Waals surface area contributed by atoms with Gasteiger partial charge in [-0.1, -0.05) is 28.9 Å². The Bertz CT molecular complexity index is 522. The Morgan fingerprint density at radius 3 is 2.71 bits per heavy atom. The number of hydrogen-bond donors (Lipinski definition) is 1. The van der Waals surface area contributed by atoms with Crippen LogP contribution in [0.3, 0.4) is 0 Å². The van der Waals surface area contributed by atoms with Crippen molar-refractivity contribution in [1.82, 2.24) is 10.1 Å². The topological polar surface area (TPSA) is 76.2 Å². The molecule has 0 aliphatic carbocycles. The lowest BCUT2D eigenvalue weighted by atomic mass is 10.1. The lowest BCUT2D eigenvalue weighted by Crippen LogP contribution is -2.01. The van der Waals surface area contributed by atoms with Gasteiger partial charge in [-0.25, -0.2) is 0 Å². The molecule has 6 heteroatoms. The molecule has 88 valence electrons. The Labute approximate surface area is 102 Å². The van der Waals surface area contributed by atoms with E-state index >= 15 is 0 Å². The van der Waals surface area contributed by atoms with Gasteiger partial charge in [-0.15, -0.1) is 0 Å². The van der Waals surface area contributed by atoms with Crippen molar-refractivity contribution >= 4 is 17.6 Å². The Kier molecular flexibility index (Phi) is 3.39. The largest absolute Gasteiger partial charge is 0.481 e. The van der Waals surface area contributed by atoms with Crippen molar-refractivity contribution < 1.29 is 14.4 Å². The molecular formula is C11H9ClN2O3. The SMILES string of the molecule is O=C(O)Cc1noc(Cc2ccc(Cl)cc2)n1. The molecule has 5 nitrogen and oxygen atoms in total. The molecule has 0 amide bonds. The molecule has 0 saturated carbocycles. The number of carboxylic acids is 1. The third kappa shape index (κ3) is 3.29. The molecule has 1 aromatic heterocycles. The van der Waals surface area contributed by atoms with E-state index in [1.807, 2.05) is 12.1 Å². The van der Waals surface area contributed by atoms with Gasteiger partial charge in [0, 0.05) is 5.02 Å². The predicted molar refractivity (Wildman–Crippen MR) is 59.9 cm³/mol. The Balaban J connectivity index is 2.06. The fraction of sp³-hybridized carbons (Fsp3) is 0.182. The minimum absolute atomic E-state index is 0.182. The van der Waals surface area contributed by atoms with Crippen molar-refractivity contribution in [3.05, 3.63) is 46.6 Å². The molecule has 0 saturated heterocycles. The maximum atomic E-state index is 10.4. The van der Waals surface area contributed by atoms with Crippen molar-refractivity contribution in [3.63, 3.8) is 0 Å². The summed E-state index contributed by atoms with van der Waals surface area (Å²) in [5.74, 6) is -0.408. The van der Waals surface area contributed by atoms with Crippen LogP contribution in [0.15, 0.2) is 28.8 Å². The number of carbonyl (C=O) groups is 1. The number of nitrogens with zero attached hydrogens (tertiary/aromatic N) is 2. The quantitative estimate of drug-likeness (QED) is 0.900. The van der Waals surface area contributed by atoms with Gasteiger partial charge >= 0.3 is 5.97 Å². The van der Waals surface area contributed by atoms with Crippen LogP contribution in [0.2, 0.25) is 5.02 Å². The Morgan fingerprint density at radius 2 is 2.06 bits per heavy atom. The molecule has 0 spiro atoms. The number of aromatic nitrogens is 2. The third-order valence-electron chi connectivity index (χ3n) is 2.09. The van der Waals surface area contributed by atoms with Gasteiger partial charge in [0.05, 0.1) is 6.42 Å². The molecule has 1 N–H and O–H groups in total. The second-order valence-electron chi connectivity index (χ2n) is 3.48. The van der Waals surface area contributed by atoms with Crippen molar-refractivity contribution in [2.75, 3.05) is 0 Å². The molecule has 0 aliphatic heterocycles. The highest BCUT2D eigenvalue weighted by molar-refractivity contribution is 6.30. The number of carboxylic acid groups (broad SMARTS) is 1. The van der Waals surface area contributed by atoms with E-state index in [1.165, 1.54) is 0 Å². The van der Waals surface area contributed by atoms with Gasteiger partial charge in [0.2, 0.25) is 5.89 Å². The van der Waals surface area contributed by atoms with E-state index in [4.69, 9.17) is 21.2 Å². The molecular weight excluding hydrogens is 244 g/mol. The summed E-state index contributed by atoms with van der Waals surface area (Å²) in [5.41, 5.74) is 0.972. The molecule has 17 heavy (non-hydrogen) atoms. The Hall–Kier alpha value is -1.88. The zero-order valence-corrected chi connectivity index (χ0v) is 9.52. The molecule has 1 aromatic carbocycles. The number of halogens is 1. The average Bonchev–Trinajstić information content (AvgIpc) is 2.68. The fourth-order valence-electron chi connectivity index (χ4n) is 1.35. The van der Waals surface area contributed by atoms with Crippen molar-refractivity contribution in [2.45, 2.75) is 12.8 Å². The van der Waals surface area contributed by atoms with Crippen LogP contribution < -0.4 is 0 Å². The van der Waals surface area contributed by atoms with E-state index in [0.717, 1.165) is 5.56 Å². The normalized spacial score (nSPS) is 10.4. The second-order valence-corrected chi connectivity index (χ2v) is 3.91. The number of benzene rings is 1. The smallest absolute Gasteiger partial charge is 0.311 e. The monoisotopic (exact) mass is 252 g/mol. The van der Waals surface area contributed by atoms with Gasteiger partial charge in [0.15, 0.2) is 5.82 Å². The highest BCUT2D eigenvalue weighted by atomic mass is 35.5. The molecule has 1 heterocycles. The standard InChI is InChI=1S/C11H9ClN2O3/c12-8-3-1-7(2-4-8)5-10-13-9(14-17-10)6-11(15)16/h1-4H,5-6H2,(H,15,16). The summed E-state index contributed by atoms with van der Waals surface area (Å²) in [6.45, 7) is 0. The van der Waals surface area contributed by atoms with Crippen LogP contribution in [-0.4, -0.2) is 21.2 Å². The number of hydrogen-bond acceptors (Lipinski definition) is 4. The van der Waals surface area contributed by atoms with Crippen LogP contribution in [0.25, 0.3) is 0 Å². The molecule has 0 aliphatic rings. The van der Waals surface area contributed by atoms with Gasteiger partial charge in [-0.3, -0.25) is 4.79 Å². The van der Waals surface area contributed by atoms with Crippen molar-refractivity contribution in [3.8, 4) is 0 Å². The zero-order valence-electron chi connectivity index (χ0n) is 8.76. The van der Waals surface area contributed by atoms with E-state index in [1.54, 1.807) is 12.1 Å². The molecule has 0 atom stereocenters. The summed E-state index contributed by atoms with van der Waals surface area (Å²) in [7, 11) is 0. The Morgan fingerprint density at radius 1 is 1.35 bits per heavy atom. The van der Waals surface area contributed by atoms with Crippen LogP contribution in [-0.2, 0) is 17.6 Å². The van der Waals surface area contributed by atoms with E-state index in [-0.39, 0.29) is 12.2 Å². The van der Waals surface area contributed by atoms with Crippen molar-refractivity contribution in [2.24, 2.45) is 0 Å². The fourth-order valence-corrected chi connectivity index (χ4v) is 1.47. The highest BCUT2D eigenvalue weighted by Crippen LogP contribution is 2.12. The molecule has 0 fully saturated rings. The lowest BCUT2D eigenvalue weighted by Gasteiger charge is -1.95. The molecule has 0 radical (unpaired) electrons. The van der Waals surface area contributed by atoms with Gasteiger partial charge < -0.3 is 9.63 Å². The third-order valence-corrected chi connectivity index (χ3v) is 2.34. The maximum Gasteiger partial charge on any atom is 0.311 e. The summed E-state index contributed by atoms with van der Waals surface area (Å²) in [5, 5.41) is 12.8. The first-order valence-corrected chi connectivity index (χ1v) is 5.29. The first kappa shape index (κ1) is 11.6. The van der Waals surface area contributed by atoms with Crippen LogP contribution in [0, 0.1) is 0 Å². The van der Waals surface area contributed by atoms with Gasteiger partial charge in [-0.2, -0.15) is 4.98 Å². The van der Waals surface area contributed by atoms with E-state index in [0.29, 0.717) is 17.3 Å². The van der Waals surface area contributed by atoms with E-state index in [2.05, 4.69) is 10.1 Å². The summed E-state index contributed by atoms with van der Waals surface area (Å²) < 4.78 is 4.94.